The highest BCUT2D eigenvalue weighted by atomic mass is 28.4. The van der Waals surface area contributed by atoms with Gasteiger partial charge in [0.25, 0.3) is 16.6 Å². The molecule has 0 rings (SSSR count). The summed E-state index contributed by atoms with van der Waals surface area (Å²) in [6, 6.07) is 5.17. The number of rotatable bonds is 11. The maximum Gasteiger partial charge on any atom is 0.319 e. The smallest absolute Gasteiger partial charge is 0.319 e. The lowest BCUT2D eigenvalue weighted by atomic mass is 10.4. The van der Waals surface area contributed by atoms with E-state index in [0.29, 0.717) is 11.1 Å². The van der Waals surface area contributed by atoms with Gasteiger partial charge in [-0.05, 0) is 50.1 Å². The van der Waals surface area contributed by atoms with E-state index in [9.17, 15) is 9.59 Å². The maximum absolute atomic E-state index is 12.0. The Balaban J connectivity index is 5.25. The van der Waals surface area contributed by atoms with E-state index in [4.69, 9.17) is 8.85 Å². The minimum atomic E-state index is -2.18. The zero-order valence-electron chi connectivity index (χ0n) is 16.3. The summed E-state index contributed by atoms with van der Waals surface area (Å²) in [5, 5.41) is 0. The molecule has 0 aliphatic carbocycles. The van der Waals surface area contributed by atoms with Crippen LogP contribution in [0.4, 0.5) is 0 Å². The van der Waals surface area contributed by atoms with Gasteiger partial charge in [-0.2, -0.15) is 0 Å². The summed E-state index contributed by atoms with van der Waals surface area (Å²) >= 11 is 0. The first-order valence-corrected chi connectivity index (χ1v) is 13.9. The van der Waals surface area contributed by atoms with Crippen LogP contribution in [-0.2, 0) is 18.4 Å². The molecule has 0 radical (unpaired) electrons. The Hall–Kier alpha value is -1.15. The van der Waals surface area contributed by atoms with Crippen molar-refractivity contribution >= 4 is 28.6 Å². The zero-order chi connectivity index (χ0) is 19.0. The third-order valence-corrected chi connectivity index (χ3v) is 14.1. The lowest BCUT2D eigenvalue weighted by Gasteiger charge is -2.34. The summed E-state index contributed by atoms with van der Waals surface area (Å²) in [5.74, 6) is -0.575. The molecule has 4 nitrogen and oxygen atoms in total. The topological polar surface area (TPSA) is 52.6 Å². The van der Waals surface area contributed by atoms with Crippen LogP contribution in [0.5, 0.6) is 0 Å². The molecule has 0 N–H and O–H groups in total. The van der Waals surface area contributed by atoms with Gasteiger partial charge in [0.2, 0.25) is 0 Å². The zero-order valence-corrected chi connectivity index (χ0v) is 18.3. The average Bonchev–Trinajstić information content (AvgIpc) is 2.56. The molecule has 0 saturated heterocycles. The van der Waals surface area contributed by atoms with Crippen LogP contribution in [0.3, 0.4) is 0 Å². The van der Waals surface area contributed by atoms with Crippen LogP contribution in [0, 0.1) is 0 Å². The second-order valence-electron chi connectivity index (χ2n) is 6.62. The highest BCUT2D eigenvalue weighted by molar-refractivity contribution is 6.80. The van der Waals surface area contributed by atoms with Gasteiger partial charge in [0, 0.05) is 11.1 Å². The third-order valence-electron chi connectivity index (χ3n) is 4.93. The third kappa shape index (κ3) is 6.39. The summed E-state index contributed by atoms with van der Waals surface area (Å²) in [5.41, 5.74) is 0.883. The molecule has 0 atom stereocenters. The number of hydrogen-bond acceptors (Lipinski definition) is 4. The SMILES string of the molecule is C=C(C)C(=O)O[Si](CC)(CC)CC[Si](CC)(CC)OC(=O)C(=C)C. The van der Waals surface area contributed by atoms with Crippen molar-refractivity contribution in [3.05, 3.63) is 24.3 Å². The van der Waals surface area contributed by atoms with Crippen molar-refractivity contribution < 1.29 is 18.4 Å². The second kappa shape index (κ2) is 9.98. The van der Waals surface area contributed by atoms with Gasteiger partial charge in [-0.3, -0.25) is 0 Å². The Morgan fingerprint density at radius 3 is 1.12 bits per heavy atom. The summed E-state index contributed by atoms with van der Waals surface area (Å²) in [7, 11) is -4.36. The first-order chi connectivity index (χ1) is 11.1. The maximum atomic E-state index is 12.0. The normalized spacial score (nSPS) is 11.8. The van der Waals surface area contributed by atoms with Crippen molar-refractivity contribution in [2.75, 3.05) is 0 Å². The molecule has 0 aromatic carbocycles. The fraction of sp³-hybridized carbons (Fsp3) is 0.667. The summed E-state index contributed by atoms with van der Waals surface area (Å²) in [4.78, 5) is 24.1. The number of hydrogen-bond donors (Lipinski definition) is 0. The molecule has 0 aliphatic rings. The van der Waals surface area contributed by atoms with E-state index < -0.39 is 16.6 Å². The summed E-state index contributed by atoms with van der Waals surface area (Å²) in [6.07, 6.45) is 0. The second-order valence-corrected chi connectivity index (χ2v) is 15.6. The quantitative estimate of drug-likeness (QED) is 0.371. The molecule has 0 amide bonds. The number of carbonyl (C=O) groups is 2. The molecule has 138 valence electrons. The fourth-order valence-electron chi connectivity index (χ4n) is 2.62. The highest BCUT2D eigenvalue weighted by Crippen LogP contribution is 2.32. The fourth-order valence-corrected chi connectivity index (χ4v) is 10.6. The largest absolute Gasteiger partial charge is 0.516 e. The first kappa shape index (κ1) is 22.9. The van der Waals surface area contributed by atoms with E-state index in [1.54, 1.807) is 13.8 Å². The van der Waals surface area contributed by atoms with Crippen LogP contribution in [0.1, 0.15) is 41.5 Å². The van der Waals surface area contributed by atoms with Gasteiger partial charge in [-0.1, -0.05) is 40.9 Å². The molecule has 0 saturated carbocycles. The molecular formula is C18H34O4Si2. The van der Waals surface area contributed by atoms with Gasteiger partial charge in [-0.15, -0.1) is 0 Å². The van der Waals surface area contributed by atoms with Gasteiger partial charge in [0.05, 0.1) is 0 Å². The van der Waals surface area contributed by atoms with E-state index in [1.807, 2.05) is 0 Å². The van der Waals surface area contributed by atoms with Crippen LogP contribution in [0.2, 0.25) is 36.3 Å². The summed E-state index contributed by atoms with van der Waals surface area (Å²) < 4.78 is 11.8. The molecule has 0 spiro atoms. The minimum Gasteiger partial charge on any atom is -0.516 e. The van der Waals surface area contributed by atoms with Crippen LogP contribution in [0.15, 0.2) is 24.3 Å². The van der Waals surface area contributed by atoms with E-state index in [1.165, 1.54) is 0 Å². The standard InChI is InChI=1S/C18H34O4Si2/c1-9-23(10-2,21-17(19)15(5)6)13-14-24(11-3,12-4)22-18(20)16(7)8/h5,7,9-14H2,1-4,6,8H3. The molecule has 0 bridgehead atoms. The van der Waals surface area contributed by atoms with E-state index >= 15 is 0 Å². The van der Waals surface area contributed by atoms with Crippen molar-refractivity contribution in [2.24, 2.45) is 0 Å². The van der Waals surface area contributed by atoms with E-state index in [-0.39, 0.29) is 11.9 Å². The highest BCUT2D eigenvalue weighted by Gasteiger charge is 2.42. The Bertz CT molecular complexity index is 433. The van der Waals surface area contributed by atoms with E-state index in [2.05, 4.69) is 40.9 Å². The lowest BCUT2D eigenvalue weighted by molar-refractivity contribution is -0.132. The minimum absolute atomic E-state index is 0.287. The predicted octanol–water partition coefficient (Wildman–Crippen LogP) is 5.20. The van der Waals surface area contributed by atoms with Crippen LogP contribution < -0.4 is 0 Å². The molecule has 0 fully saturated rings. The lowest BCUT2D eigenvalue weighted by Crippen LogP contribution is -2.45. The molecular weight excluding hydrogens is 336 g/mol. The number of carbonyl (C=O) groups excluding carboxylic acids is 2. The van der Waals surface area contributed by atoms with Crippen molar-refractivity contribution in [1.29, 1.82) is 0 Å². The van der Waals surface area contributed by atoms with Gasteiger partial charge in [-0.25, -0.2) is 9.59 Å². The molecule has 0 aliphatic heterocycles. The van der Waals surface area contributed by atoms with Crippen molar-refractivity contribution in [3.63, 3.8) is 0 Å². The Morgan fingerprint density at radius 1 is 0.708 bits per heavy atom. The monoisotopic (exact) mass is 370 g/mol. The molecule has 0 aromatic rings. The molecule has 0 unspecified atom stereocenters. The van der Waals surface area contributed by atoms with Gasteiger partial charge in [0.1, 0.15) is 0 Å². The van der Waals surface area contributed by atoms with Crippen molar-refractivity contribution in [2.45, 2.75) is 77.8 Å². The Morgan fingerprint density at radius 2 is 0.958 bits per heavy atom. The van der Waals surface area contributed by atoms with Gasteiger partial charge >= 0.3 is 11.9 Å². The molecule has 24 heavy (non-hydrogen) atoms. The van der Waals surface area contributed by atoms with Gasteiger partial charge < -0.3 is 8.85 Å². The molecule has 0 aromatic heterocycles. The predicted molar refractivity (Wildman–Crippen MR) is 105 cm³/mol. The average molecular weight is 371 g/mol. The van der Waals surface area contributed by atoms with Crippen LogP contribution in [-0.4, -0.2) is 28.6 Å². The van der Waals surface area contributed by atoms with Crippen LogP contribution in [0.25, 0.3) is 0 Å². The van der Waals surface area contributed by atoms with Crippen LogP contribution >= 0.6 is 0 Å². The summed E-state index contributed by atoms with van der Waals surface area (Å²) in [6.45, 7) is 19.1. The van der Waals surface area contributed by atoms with Gasteiger partial charge in [0.15, 0.2) is 0 Å². The Kier molecular flexibility index (Phi) is 9.51. The molecule has 6 heteroatoms. The first-order valence-electron chi connectivity index (χ1n) is 8.88. The van der Waals surface area contributed by atoms with Crippen molar-refractivity contribution in [1.82, 2.24) is 0 Å². The van der Waals surface area contributed by atoms with Crippen molar-refractivity contribution in [3.8, 4) is 0 Å². The van der Waals surface area contributed by atoms with E-state index in [0.717, 1.165) is 36.3 Å². The molecule has 0 heterocycles. The Labute approximate surface area is 149 Å².